The van der Waals surface area contributed by atoms with Gasteiger partial charge in [-0.1, -0.05) is 0 Å². The fourth-order valence-corrected chi connectivity index (χ4v) is 2.72. The molecule has 1 aromatic heterocycles. The first-order valence-corrected chi connectivity index (χ1v) is 7.41. The molecule has 0 saturated carbocycles. The van der Waals surface area contributed by atoms with Gasteiger partial charge in [0.1, 0.15) is 5.82 Å². The van der Waals surface area contributed by atoms with Gasteiger partial charge < -0.3 is 5.73 Å². The SMILES string of the molecule is Nc1cc(S(=O)(=O)NCCc2ccncc2)ccc1F. The third-order valence-corrected chi connectivity index (χ3v) is 4.19. The second-order valence-corrected chi connectivity index (χ2v) is 5.95. The highest BCUT2D eigenvalue weighted by molar-refractivity contribution is 7.89. The number of nitrogens with zero attached hydrogens (tertiary/aromatic N) is 1. The Hall–Kier alpha value is -1.99. The molecule has 106 valence electrons. The summed E-state index contributed by atoms with van der Waals surface area (Å²) in [5.41, 5.74) is 6.14. The minimum atomic E-state index is -3.68. The molecule has 0 radical (unpaired) electrons. The van der Waals surface area contributed by atoms with E-state index in [1.54, 1.807) is 12.4 Å². The number of hydrogen-bond acceptors (Lipinski definition) is 4. The van der Waals surface area contributed by atoms with E-state index < -0.39 is 15.8 Å². The standard InChI is InChI=1S/C13H14FN3O2S/c14-12-2-1-11(9-13(12)15)20(18,19)17-8-5-10-3-6-16-7-4-10/h1-4,6-7,9,17H,5,8,15H2. The number of sulfonamides is 1. The highest BCUT2D eigenvalue weighted by atomic mass is 32.2. The number of nitrogen functional groups attached to an aromatic ring is 1. The van der Waals surface area contributed by atoms with Crippen molar-refractivity contribution in [3.05, 3.63) is 54.1 Å². The van der Waals surface area contributed by atoms with Crippen LogP contribution in [-0.4, -0.2) is 19.9 Å². The van der Waals surface area contributed by atoms with Gasteiger partial charge in [-0.2, -0.15) is 0 Å². The normalized spacial score (nSPS) is 11.4. The van der Waals surface area contributed by atoms with Gasteiger partial charge in [-0.25, -0.2) is 17.5 Å². The van der Waals surface area contributed by atoms with E-state index in [2.05, 4.69) is 9.71 Å². The van der Waals surface area contributed by atoms with E-state index >= 15 is 0 Å². The number of rotatable bonds is 5. The van der Waals surface area contributed by atoms with Crippen LogP contribution in [0.25, 0.3) is 0 Å². The molecule has 1 aromatic carbocycles. The number of aromatic nitrogens is 1. The molecule has 1 heterocycles. The van der Waals surface area contributed by atoms with Crippen LogP contribution in [0.3, 0.4) is 0 Å². The van der Waals surface area contributed by atoms with Crippen molar-refractivity contribution in [2.45, 2.75) is 11.3 Å². The molecule has 0 unspecified atom stereocenters. The lowest BCUT2D eigenvalue weighted by atomic mass is 10.2. The maximum atomic E-state index is 13.0. The molecular weight excluding hydrogens is 281 g/mol. The van der Waals surface area contributed by atoms with Crippen molar-refractivity contribution >= 4 is 15.7 Å². The van der Waals surface area contributed by atoms with Crippen LogP contribution in [0.2, 0.25) is 0 Å². The van der Waals surface area contributed by atoms with Crippen molar-refractivity contribution < 1.29 is 12.8 Å². The lowest BCUT2D eigenvalue weighted by Crippen LogP contribution is -2.26. The Morgan fingerprint density at radius 3 is 2.55 bits per heavy atom. The van der Waals surface area contributed by atoms with Crippen molar-refractivity contribution in [2.75, 3.05) is 12.3 Å². The highest BCUT2D eigenvalue weighted by Gasteiger charge is 2.14. The Morgan fingerprint density at radius 2 is 1.90 bits per heavy atom. The number of nitrogens with two attached hydrogens (primary N) is 1. The summed E-state index contributed by atoms with van der Waals surface area (Å²) in [6, 6.07) is 6.94. The van der Waals surface area contributed by atoms with Gasteiger partial charge in [-0.3, -0.25) is 4.98 Å². The summed E-state index contributed by atoms with van der Waals surface area (Å²) in [5.74, 6) is -0.638. The Bertz CT molecular complexity index is 690. The van der Waals surface area contributed by atoms with Gasteiger partial charge in [-0.15, -0.1) is 0 Å². The van der Waals surface area contributed by atoms with Gasteiger partial charge in [0, 0.05) is 18.9 Å². The fourth-order valence-electron chi connectivity index (χ4n) is 1.65. The molecule has 3 N–H and O–H groups in total. The summed E-state index contributed by atoms with van der Waals surface area (Å²) >= 11 is 0. The Morgan fingerprint density at radius 1 is 1.20 bits per heavy atom. The quantitative estimate of drug-likeness (QED) is 0.815. The molecule has 0 aliphatic heterocycles. The second kappa shape index (κ2) is 5.98. The van der Waals surface area contributed by atoms with E-state index in [9.17, 15) is 12.8 Å². The molecule has 2 rings (SSSR count). The van der Waals surface area contributed by atoms with Gasteiger partial charge in [0.05, 0.1) is 10.6 Å². The maximum absolute atomic E-state index is 13.0. The number of halogens is 1. The van der Waals surface area contributed by atoms with Crippen LogP contribution in [0.15, 0.2) is 47.6 Å². The zero-order valence-corrected chi connectivity index (χ0v) is 11.4. The van der Waals surface area contributed by atoms with E-state index in [1.807, 2.05) is 12.1 Å². The van der Waals surface area contributed by atoms with Crippen molar-refractivity contribution in [3.8, 4) is 0 Å². The molecule has 7 heteroatoms. The van der Waals surface area contributed by atoms with Crippen LogP contribution in [0.1, 0.15) is 5.56 Å². The van der Waals surface area contributed by atoms with Crippen LogP contribution in [-0.2, 0) is 16.4 Å². The number of hydrogen-bond donors (Lipinski definition) is 2. The topological polar surface area (TPSA) is 85.1 Å². The molecule has 0 amide bonds. The van der Waals surface area contributed by atoms with Crippen LogP contribution >= 0.6 is 0 Å². The minimum absolute atomic E-state index is 0.0499. The molecule has 0 bridgehead atoms. The lowest BCUT2D eigenvalue weighted by Gasteiger charge is -2.07. The summed E-state index contributed by atoms with van der Waals surface area (Å²) in [5, 5.41) is 0. The van der Waals surface area contributed by atoms with Gasteiger partial charge in [0.25, 0.3) is 0 Å². The summed E-state index contributed by atoms with van der Waals surface area (Å²) < 4.78 is 39.4. The molecule has 0 saturated heterocycles. The lowest BCUT2D eigenvalue weighted by molar-refractivity contribution is 0.581. The largest absolute Gasteiger partial charge is 0.396 e. The molecule has 20 heavy (non-hydrogen) atoms. The monoisotopic (exact) mass is 295 g/mol. The van der Waals surface area contributed by atoms with E-state index in [-0.39, 0.29) is 17.1 Å². The van der Waals surface area contributed by atoms with E-state index in [4.69, 9.17) is 5.73 Å². The molecule has 0 fully saturated rings. The zero-order valence-electron chi connectivity index (χ0n) is 10.6. The van der Waals surface area contributed by atoms with E-state index in [0.717, 1.165) is 17.7 Å². The van der Waals surface area contributed by atoms with E-state index in [1.165, 1.54) is 6.07 Å². The highest BCUT2D eigenvalue weighted by Crippen LogP contribution is 2.16. The van der Waals surface area contributed by atoms with E-state index in [0.29, 0.717) is 6.42 Å². The van der Waals surface area contributed by atoms with Crippen molar-refractivity contribution in [1.82, 2.24) is 9.71 Å². The third-order valence-electron chi connectivity index (χ3n) is 2.73. The second-order valence-electron chi connectivity index (χ2n) is 4.19. The molecular formula is C13H14FN3O2S. The van der Waals surface area contributed by atoms with Gasteiger partial charge >= 0.3 is 0 Å². The molecule has 0 spiro atoms. The van der Waals surface area contributed by atoms with Gasteiger partial charge in [-0.05, 0) is 42.3 Å². The number of anilines is 1. The van der Waals surface area contributed by atoms with Gasteiger partial charge in [0.2, 0.25) is 10.0 Å². The Labute approximate surface area is 116 Å². The summed E-state index contributed by atoms with van der Waals surface area (Å²) in [6.45, 7) is 0.240. The molecule has 0 aliphatic rings. The van der Waals surface area contributed by atoms with Crippen LogP contribution in [0.5, 0.6) is 0 Å². The van der Waals surface area contributed by atoms with Crippen molar-refractivity contribution in [2.24, 2.45) is 0 Å². The molecule has 0 aliphatic carbocycles. The van der Waals surface area contributed by atoms with Crippen LogP contribution < -0.4 is 10.5 Å². The van der Waals surface area contributed by atoms with Crippen molar-refractivity contribution in [3.63, 3.8) is 0 Å². The zero-order chi connectivity index (χ0) is 14.6. The predicted octanol–water partition coefficient (Wildman–Crippen LogP) is 1.32. The minimum Gasteiger partial charge on any atom is -0.396 e. The average molecular weight is 295 g/mol. The number of benzene rings is 1. The average Bonchev–Trinajstić information content (AvgIpc) is 2.43. The van der Waals surface area contributed by atoms with Crippen LogP contribution in [0, 0.1) is 5.82 Å². The third kappa shape index (κ3) is 3.52. The summed E-state index contributed by atoms with van der Waals surface area (Å²) in [6.07, 6.45) is 3.83. The van der Waals surface area contributed by atoms with Crippen LogP contribution in [0.4, 0.5) is 10.1 Å². The number of nitrogens with one attached hydrogen (secondary N) is 1. The smallest absolute Gasteiger partial charge is 0.240 e. The Kier molecular flexibility index (Phi) is 4.31. The first-order chi connectivity index (χ1) is 9.49. The molecule has 5 nitrogen and oxygen atoms in total. The first-order valence-electron chi connectivity index (χ1n) is 5.92. The van der Waals surface area contributed by atoms with Crippen molar-refractivity contribution in [1.29, 1.82) is 0 Å². The summed E-state index contributed by atoms with van der Waals surface area (Å²) in [7, 11) is -3.68. The first kappa shape index (κ1) is 14.4. The summed E-state index contributed by atoms with van der Waals surface area (Å²) in [4.78, 5) is 3.83. The fraction of sp³-hybridized carbons (Fsp3) is 0.154. The number of pyridine rings is 1. The maximum Gasteiger partial charge on any atom is 0.240 e. The predicted molar refractivity (Wildman–Crippen MR) is 73.9 cm³/mol. The molecule has 0 atom stereocenters. The Balaban J connectivity index is 2.02. The molecule has 2 aromatic rings. The van der Waals surface area contributed by atoms with Gasteiger partial charge in [0.15, 0.2) is 0 Å².